The number of hydrogen-bond donors (Lipinski definition) is 1. The largest absolute Gasteiger partial charge is 0.329 e. The molecule has 8 nitrogen and oxygen atoms in total. The third-order valence-electron chi connectivity index (χ3n) is 4.79. The molecule has 0 bridgehead atoms. The fourth-order valence-electron chi connectivity index (χ4n) is 3.23. The predicted molar refractivity (Wildman–Crippen MR) is 124 cm³/mol. The van der Waals surface area contributed by atoms with Crippen LogP contribution in [0.15, 0.2) is 88.2 Å². The van der Waals surface area contributed by atoms with Crippen molar-refractivity contribution >= 4 is 40.3 Å². The van der Waals surface area contributed by atoms with Gasteiger partial charge in [-0.05, 0) is 34.2 Å². The smallest absolute Gasteiger partial charge is 0.283 e. The lowest BCUT2D eigenvalue weighted by atomic mass is 10.0. The van der Waals surface area contributed by atoms with E-state index in [4.69, 9.17) is 0 Å². The quantitative estimate of drug-likeness (QED) is 0.259. The number of rotatable bonds is 7. The van der Waals surface area contributed by atoms with Crippen LogP contribution in [0.1, 0.15) is 11.1 Å². The molecule has 0 aliphatic rings. The van der Waals surface area contributed by atoms with Crippen molar-refractivity contribution in [1.29, 1.82) is 0 Å². The zero-order valence-electron chi connectivity index (χ0n) is 17.1. The van der Waals surface area contributed by atoms with Gasteiger partial charge >= 0.3 is 0 Å². The summed E-state index contributed by atoms with van der Waals surface area (Å²) in [6, 6.07) is 18.5. The molecule has 1 aromatic heterocycles. The number of carbonyl (C=O) groups excluding carboxylic acids is 1. The van der Waals surface area contributed by atoms with Gasteiger partial charge in [0.1, 0.15) is 0 Å². The highest BCUT2D eigenvalue weighted by molar-refractivity contribution is 7.99. The standard InChI is InChI=1S/C23H19N5O3S/c1-27-12-11-24-23(27)32-21-10-9-16(13-20(21)28(30)31)15-25-26-22(29)14-18-7-4-6-17-5-2-3-8-19(17)18/h2-13,15H,14H2,1H3,(H,26,29)/b25-15-. The van der Waals surface area contributed by atoms with Gasteiger partial charge in [0, 0.05) is 31.1 Å². The van der Waals surface area contributed by atoms with E-state index in [1.54, 1.807) is 29.1 Å². The van der Waals surface area contributed by atoms with E-state index in [-0.39, 0.29) is 18.0 Å². The van der Waals surface area contributed by atoms with Gasteiger partial charge in [-0.2, -0.15) is 5.10 Å². The predicted octanol–water partition coefficient (Wildman–Crippen LogP) is 4.33. The van der Waals surface area contributed by atoms with Crippen LogP contribution in [0.5, 0.6) is 0 Å². The van der Waals surface area contributed by atoms with Crippen molar-refractivity contribution in [2.45, 2.75) is 16.5 Å². The van der Waals surface area contributed by atoms with Crippen LogP contribution in [0.2, 0.25) is 0 Å². The van der Waals surface area contributed by atoms with E-state index in [2.05, 4.69) is 15.5 Å². The number of hydrazone groups is 1. The second-order valence-corrected chi connectivity index (χ2v) is 8.02. The Hall–Kier alpha value is -3.98. The number of amides is 1. The first-order valence-corrected chi connectivity index (χ1v) is 10.5. The van der Waals surface area contributed by atoms with Gasteiger partial charge in [-0.3, -0.25) is 14.9 Å². The minimum absolute atomic E-state index is 0.0518. The Labute approximate surface area is 188 Å². The number of nitro benzene ring substituents is 1. The molecular formula is C23H19N5O3S. The summed E-state index contributed by atoms with van der Waals surface area (Å²) >= 11 is 1.21. The topological polar surface area (TPSA) is 102 Å². The molecule has 4 rings (SSSR count). The van der Waals surface area contributed by atoms with Crippen LogP contribution in [0.3, 0.4) is 0 Å². The molecule has 1 N–H and O–H groups in total. The third-order valence-corrected chi connectivity index (χ3v) is 5.93. The Bertz CT molecular complexity index is 1330. The van der Waals surface area contributed by atoms with Crippen LogP contribution >= 0.6 is 11.8 Å². The van der Waals surface area contributed by atoms with Gasteiger partial charge in [-0.1, -0.05) is 48.5 Å². The van der Waals surface area contributed by atoms with Crippen LogP contribution in [0, 0.1) is 10.1 Å². The molecule has 4 aromatic rings. The average molecular weight is 446 g/mol. The average Bonchev–Trinajstić information content (AvgIpc) is 3.19. The van der Waals surface area contributed by atoms with Crippen LogP contribution < -0.4 is 5.43 Å². The number of hydrogen-bond acceptors (Lipinski definition) is 6. The highest BCUT2D eigenvalue weighted by Gasteiger charge is 2.17. The normalized spacial score (nSPS) is 11.2. The van der Waals surface area contributed by atoms with Gasteiger partial charge in [0.05, 0.1) is 22.5 Å². The molecule has 0 spiro atoms. The molecule has 1 heterocycles. The van der Waals surface area contributed by atoms with Crippen LogP contribution in [-0.2, 0) is 18.3 Å². The number of nitro groups is 1. The van der Waals surface area contributed by atoms with Crippen molar-refractivity contribution in [3.05, 3.63) is 94.3 Å². The third kappa shape index (κ3) is 4.84. The highest BCUT2D eigenvalue weighted by Crippen LogP contribution is 2.34. The summed E-state index contributed by atoms with van der Waals surface area (Å²) < 4.78 is 1.79. The number of imidazole rings is 1. The number of fused-ring (bicyclic) bond motifs is 1. The molecule has 0 radical (unpaired) electrons. The first-order chi connectivity index (χ1) is 15.5. The van der Waals surface area contributed by atoms with Crippen LogP contribution in [0.25, 0.3) is 10.8 Å². The monoisotopic (exact) mass is 445 g/mol. The van der Waals surface area contributed by atoms with Gasteiger partial charge in [0.25, 0.3) is 5.69 Å². The molecule has 9 heteroatoms. The Morgan fingerprint density at radius 3 is 2.81 bits per heavy atom. The molecule has 0 unspecified atom stereocenters. The molecule has 1 amide bonds. The summed E-state index contributed by atoms with van der Waals surface area (Å²) in [6.07, 6.45) is 4.98. The lowest BCUT2D eigenvalue weighted by Gasteiger charge is -2.06. The molecule has 0 aliphatic heterocycles. The lowest BCUT2D eigenvalue weighted by Crippen LogP contribution is -2.19. The first-order valence-electron chi connectivity index (χ1n) is 9.73. The Kier molecular flexibility index (Phi) is 6.27. The zero-order valence-corrected chi connectivity index (χ0v) is 18.0. The summed E-state index contributed by atoms with van der Waals surface area (Å²) in [4.78, 5) is 28.1. The Morgan fingerprint density at radius 1 is 1.22 bits per heavy atom. The van der Waals surface area contributed by atoms with E-state index in [0.717, 1.165) is 16.3 Å². The molecule has 0 atom stereocenters. The fraction of sp³-hybridized carbons (Fsp3) is 0.0870. The maximum absolute atomic E-state index is 12.3. The first kappa shape index (κ1) is 21.3. The fourth-order valence-corrected chi connectivity index (χ4v) is 4.12. The van der Waals surface area contributed by atoms with Crippen molar-refractivity contribution in [1.82, 2.24) is 15.0 Å². The molecule has 0 saturated heterocycles. The molecule has 32 heavy (non-hydrogen) atoms. The number of benzene rings is 3. The van der Waals surface area contributed by atoms with Crippen LogP contribution in [-0.4, -0.2) is 26.6 Å². The van der Waals surface area contributed by atoms with Crippen molar-refractivity contribution < 1.29 is 9.72 Å². The SMILES string of the molecule is Cn1ccnc1Sc1ccc(/C=N\NC(=O)Cc2cccc3ccccc23)cc1[N+](=O)[O-]. The van der Waals surface area contributed by atoms with E-state index in [0.29, 0.717) is 15.6 Å². The number of aromatic nitrogens is 2. The molecule has 3 aromatic carbocycles. The maximum atomic E-state index is 12.3. The van der Waals surface area contributed by atoms with Crippen molar-refractivity contribution in [2.75, 3.05) is 0 Å². The summed E-state index contributed by atoms with van der Waals surface area (Å²) in [6.45, 7) is 0. The van der Waals surface area contributed by atoms with Gasteiger partial charge in [0.15, 0.2) is 5.16 Å². The Morgan fingerprint density at radius 2 is 2.03 bits per heavy atom. The van der Waals surface area contributed by atoms with Gasteiger partial charge < -0.3 is 4.57 Å². The number of aryl methyl sites for hydroxylation is 1. The molecule has 160 valence electrons. The second kappa shape index (κ2) is 9.44. The van der Waals surface area contributed by atoms with Gasteiger partial charge in [0.2, 0.25) is 5.91 Å². The zero-order chi connectivity index (χ0) is 22.5. The number of nitrogens with one attached hydrogen (secondary N) is 1. The van der Waals surface area contributed by atoms with E-state index >= 15 is 0 Å². The van der Waals surface area contributed by atoms with Crippen molar-refractivity contribution in [3.8, 4) is 0 Å². The number of nitrogens with zero attached hydrogens (tertiary/aromatic N) is 4. The second-order valence-electron chi connectivity index (χ2n) is 7.02. The molecule has 0 fully saturated rings. The Balaban J connectivity index is 1.44. The van der Waals surface area contributed by atoms with Gasteiger partial charge in [-0.15, -0.1) is 0 Å². The van der Waals surface area contributed by atoms with E-state index in [1.807, 2.05) is 49.5 Å². The molecular weight excluding hydrogens is 426 g/mol. The van der Waals surface area contributed by atoms with Gasteiger partial charge in [-0.25, -0.2) is 10.4 Å². The van der Waals surface area contributed by atoms with Crippen molar-refractivity contribution in [3.63, 3.8) is 0 Å². The summed E-state index contributed by atoms with van der Waals surface area (Å²) in [5.74, 6) is -0.269. The molecule has 0 aliphatic carbocycles. The summed E-state index contributed by atoms with van der Waals surface area (Å²) in [7, 11) is 1.82. The summed E-state index contributed by atoms with van der Waals surface area (Å²) in [5, 5.41) is 18.2. The van der Waals surface area contributed by atoms with E-state index in [9.17, 15) is 14.9 Å². The summed E-state index contributed by atoms with van der Waals surface area (Å²) in [5.41, 5.74) is 3.85. The molecule has 0 saturated carbocycles. The number of carbonyl (C=O) groups is 1. The van der Waals surface area contributed by atoms with Crippen LogP contribution in [0.4, 0.5) is 5.69 Å². The minimum atomic E-state index is -0.443. The van der Waals surface area contributed by atoms with E-state index < -0.39 is 4.92 Å². The minimum Gasteiger partial charge on any atom is -0.329 e. The lowest BCUT2D eigenvalue weighted by molar-refractivity contribution is -0.387. The highest BCUT2D eigenvalue weighted by atomic mass is 32.2. The maximum Gasteiger partial charge on any atom is 0.283 e. The van der Waals surface area contributed by atoms with Crippen molar-refractivity contribution in [2.24, 2.45) is 12.1 Å². The van der Waals surface area contributed by atoms with E-state index in [1.165, 1.54) is 24.0 Å².